The summed E-state index contributed by atoms with van der Waals surface area (Å²) in [4.78, 5) is 25.2. The lowest BCUT2D eigenvalue weighted by atomic mass is 9.98. The maximum Gasteiger partial charge on any atom is 0.419 e. The molecule has 1 aromatic heterocycles. The average Bonchev–Trinajstić information content (AvgIpc) is 3.18. The summed E-state index contributed by atoms with van der Waals surface area (Å²) in [5, 5.41) is 3.03. The van der Waals surface area contributed by atoms with Gasteiger partial charge in [0, 0.05) is 13.1 Å². The molecule has 8 nitrogen and oxygen atoms in total. The van der Waals surface area contributed by atoms with Gasteiger partial charge in [-0.25, -0.2) is 13.2 Å². The Hall–Kier alpha value is -3.34. The molecule has 4 rings (SSSR count). The van der Waals surface area contributed by atoms with E-state index in [4.69, 9.17) is 4.42 Å². The van der Waals surface area contributed by atoms with Gasteiger partial charge in [-0.05, 0) is 41.7 Å². The number of sulfonamides is 1. The fourth-order valence-electron chi connectivity index (χ4n) is 3.91. The fourth-order valence-corrected chi connectivity index (χ4v) is 5.63. The van der Waals surface area contributed by atoms with Crippen molar-refractivity contribution in [2.45, 2.75) is 23.4 Å². The molecule has 1 atom stereocenters. The predicted molar refractivity (Wildman–Crippen MR) is 141 cm³/mol. The van der Waals surface area contributed by atoms with Crippen LogP contribution in [-0.2, 0) is 21.9 Å². The highest BCUT2D eigenvalue weighted by Gasteiger charge is 2.28. The van der Waals surface area contributed by atoms with Crippen molar-refractivity contribution in [2.75, 3.05) is 12.0 Å². The zero-order valence-corrected chi connectivity index (χ0v) is 21.5. The summed E-state index contributed by atoms with van der Waals surface area (Å²) in [6, 6.07) is 21.8. The molecule has 0 saturated carbocycles. The van der Waals surface area contributed by atoms with Crippen LogP contribution in [0.2, 0.25) is 0 Å². The van der Waals surface area contributed by atoms with Crippen LogP contribution in [0.15, 0.2) is 93.0 Å². The van der Waals surface area contributed by atoms with Crippen LogP contribution in [0.25, 0.3) is 11.1 Å². The van der Waals surface area contributed by atoms with Gasteiger partial charge in [0.05, 0.1) is 16.5 Å². The lowest BCUT2D eigenvalue weighted by Gasteiger charge is -2.24. The molecule has 0 radical (unpaired) electrons. The van der Waals surface area contributed by atoms with E-state index in [9.17, 15) is 18.0 Å². The number of hydrogen-bond donors (Lipinski definition) is 2. The largest absolute Gasteiger partial charge is 0.419 e. The van der Waals surface area contributed by atoms with E-state index < -0.39 is 33.8 Å². The first-order chi connectivity index (χ1) is 17.3. The third kappa shape index (κ3) is 5.72. The van der Waals surface area contributed by atoms with E-state index in [1.54, 1.807) is 7.05 Å². The van der Waals surface area contributed by atoms with E-state index in [0.29, 0.717) is 17.7 Å². The third-order valence-corrected chi connectivity index (χ3v) is 7.96. The van der Waals surface area contributed by atoms with E-state index in [1.165, 1.54) is 34.5 Å². The summed E-state index contributed by atoms with van der Waals surface area (Å²) < 4.78 is 35.5. The van der Waals surface area contributed by atoms with Gasteiger partial charge >= 0.3 is 5.76 Å². The molecular weight excluding hydrogens is 498 g/mol. The van der Waals surface area contributed by atoms with Crippen LogP contribution in [0.5, 0.6) is 0 Å². The minimum Gasteiger partial charge on any atom is -0.408 e. The number of thioether (sulfide) groups is 1. The monoisotopic (exact) mass is 525 g/mol. The second-order valence-corrected chi connectivity index (χ2v) is 11.0. The van der Waals surface area contributed by atoms with Crippen molar-refractivity contribution in [1.29, 1.82) is 0 Å². The van der Waals surface area contributed by atoms with Crippen molar-refractivity contribution in [3.8, 4) is 0 Å². The molecule has 2 N–H and O–H groups in total. The van der Waals surface area contributed by atoms with Gasteiger partial charge in [0.1, 0.15) is 6.04 Å². The number of hydrogen-bond acceptors (Lipinski definition) is 6. The van der Waals surface area contributed by atoms with Crippen molar-refractivity contribution in [2.24, 2.45) is 7.05 Å². The molecule has 188 valence electrons. The second kappa shape index (κ2) is 11.2. The highest BCUT2D eigenvalue weighted by molar-refractivity contribution is 7.98. The van der Waals surface area contributed by atoms with Gasteiger partial charge in [-0.1, -0.05) is 60.7 Å². The first kappa shape index (κ1) is 25.7. The van der Waals surface area contributed by atoms with Gasteiger partial charge in [0.25, 0.3) is 0 Å². The smallest absolute Gasteiger partial charge is 0.408 e. The van der Waals surface area contributed by atoms with E-state index in [1.807, 2.05) is 66.9 Å². The molecule has 4 aromatic rings. The summed E-state index contributed by atoms with van der Waals surface area (Å²) in [6.45, 7) is 0. The SMILES string of the molecule is CSCC[C@@H](NS(=O)(=O)c1ccc2c(c1)oc(=O)n2C)C(=O)NC(c1ccccc1)c1ccccc1. The molecule has 0 unspecified atom stereocenters. The molecular formula is C26H27N3O5S2. The van der Waals surface area contributed by atoms with Gasteiger partial charge in [0.15, 0.2) is 5.58 Å². The van der Waals surface area contributed by atoms with Crippen LogP contribution < -0.4 is 15.8 Å². The van der Waals surface area contributed by atoms with Gasteiger partial charge in [-0.15, -0.1) is 0 Å². The van der Waals surface area contributed by atoms with Gasteiger partial charge in [-0.2, -0.15) is 16.5 Å². The van der Waals surface area contributed by atoms with Crippen molar-refractivity contribution in [1.82, 2.24) is 14.6 Å². The molecule has 1 amide bonds. The molecule has 36 heavy (non-hydrogen) atoms. The number of nitrogens with zero attached hydrogens (tertiary/aromatic N) is 1. The van der Waals surface area contributed by atoms with Crippen LogP contribution in [-0.4, -0.2) is 36.9 Å². The third-order valence-electron chi connectivity index (χ3n) is 5.85. The Morgan fingerprint density at radius 2 is 1.61 bits per heavy atom. The lowest BCUT2D eigenvalue weighted by molar-refractivity contribution is -0.123. The van der Waals surface area contributed by atoms with Gasteiger partial charge in [0.2, 0.25) is 15.9 Å². The minimum atomic E-state index is -4.09. The van der Waals surface area contributed by atoms with Gasteiger partial charge in [-0.3, -0.25) is 9.36 Å². The number of amides is 1. The summed E-state index contributed by atoms with van der Waals surface area (Å²) in [7, 11) is -2.55. The van der Waals surface area contributed by atoms with E-state index in [-0.39, 0.29) is 10.5 Å². The van der Waals surface area contributed by atoms with E-state index in [2.05, 4.69) is 10.0 Å². The Bertz CT molecular complexity index is 1460. The number of benzene rings is 3. The van der Waals surface area contributed by atoms with Crippen molar-refractivity contribution in [3.63, 3.8) is 0 Å². The normalized spacial score (nSPS) is 12.6. The minimum absolute atomic E-state index is 0.0889. The molecule has 1 heterocycles. The zero-order chi connectivity index (χ0) is 25.7. The summed E-state index contributed by atoms with van der Waals surface area (Å²) in [5.74, 6) is -0.440. The van der Waals surface area contributed by atoms with Crippen LogP contribution in [0.4, 0.5) is 0 Å². The summed E-state index contributed by atoms with van der Waals surface area (Å²) in [5.41, 5.74) is 2.40. The number of nitrogens with one attached hydrogen (secondary N) is 2. The maximum absolute atomic E-state index is 13.5. The van der Waals surface area contributed by atoms with Crippen LogP contribution in [0.1, 0.15) is 23.6 Å². The number of aromatic nitrogens is 1. The number of rotatable bonds is 10. The quantitative estimate of drug-likeness (QED) is 0.328. The molecule has 0 bridgehead atoms. The molecule has 10 heteroatoms. The van der Waals surface area contributed by atoms with Crippen molar-refractivity contribution in [3.05, 3.63) is 101 Å². The predicted octanol–water partition coefficient (Wildman–Crippen LogP) is 3.44. The lowest BCUT2D eigenvalue weighted by Crippen LogP contribution is -2.48. The Morgan fingerprint density at radius 1 is 1.00 bits per heavy atom. The van der Waals surface area contributed by atoms with Crippen LogP contribution >= 0.6 is 11.8 Å². The molecule has 0 fully saturated rings. The van der Waals surface area contributed by atoms with Crippen molar-refractivity contribution >= 4 is 38.8 Å². The molecule has 0 saturated heterocycles. The summed E-state index contributed by atoms with van der Waals surface area (Å²) in [6.07, 6.45) is 2.19. The van der Waals surface area contributed by atoms with Gasteiger partial charge < -0.3 is 9.73 Å². The molecule has 0 spiro atoms. The first-order valence-electron chi connectivity index (χ1n) is 11.3. The molecule has 0 aliphatic rings. The Balaban J connectivity index is 1.62. The molecule has 0 aliphatic heterocycles. The highest BCUT2D eigenvalue weighted by Crippen LogP contribution is 2.23. The Labute approximate surface area is 213 Å². The van der Waals surface area contributed by atoms with Crippen LogP contribution in [0, 0.1) is 0 Å². The maximum atomic E-state index is 13.5. The average molecular weight is 526 g/mol. The fraction of sp³-hybridized carbons (Fsp3) is 0.231. The molecule has 3 aromatic carbocycles. The molecule has 0 aliphatic carbocycles. The number of carbonyl (C=O) groups excluding carboxylic acids is 1. The second-order valence-electron chi connectivity index (χ2n) is 8.27. The number of aryl methyl sites for hydroxylation is 1. The van der Waals surface area contributed by atoms with Crippen LogP contribution in [0.3, 0.4) is 0 Å². The highest BCUT2D eigenvalue weighted by atomic mass is 32.2. The topological polar surface area (TPSA) is 110 Å². The number of carbonyl (C=O) groups is 1. The Morgan fingerprint density at radius 3 is 2.19 bits per heavy atom. The number of oxazole rings is 1. The number of fused-ring (bicyclic) bond motifs is 1. The first-order valence-corrected chi connectivity index (χ1v) is 14.2. The Kier molecular flexibility index (Phi) is 7.97. The van der Waals surface area contributed by atoms with E-state index in [0.717, 1.165) is 11.1 Å². The van der Waals surface area contributed by atoms with E-state index >= 15 is 0 Å². The zero-order valence-electron chi connectivity index (χ0n) is 19.9. The van der Waals surface area contributed by atoms with Crippen molar-refractivity contribution < 1.29 is 17.6 Å². The summed E-state index contributed by atoms with van der Waals surface area (Å²) >= 11 is 1.52. The standard InChI is InChI=1S/C26H27N3O5S2/c1-29-22-14-13-20(17-23(22)34-26(29)31)36(32,33)28-21(15-16-35-2)25(30)27-24(18-9-5-3-6-10-18)19-11-7-4-8-12-19/h3-14,17,21,24,28H,15-16H2,1-2H3,(H,27,30)/t21-/m1/s1.